The first-order valence-electron chi connectivity index (χ1n) is 5.84. The van der Waals surface area contributed by atoms with Crippen molar-refractivity contribution in [1.29, 1.82) is 0 Å². The van der Waals surface area contributed by atoms with E-state index in [2.05, 4.69) is 15.9 Å². The highest BCUT2D eigenvalue weighted by atomic mass is 79.9. The van der Waals surface area contributed by atoms with Gasteiger partial charge in [0.1, 0.15) is 11.5 Å². The van der Waals surface area contributed by atoms with E-state index < -0.39 is 10.9 Å². The van der Waals surface area contributed by atoms with Crippen LogP contribution in [0.3, 0.4) is 0 Å². The Morgan fingerprint density at radius 2 is 2.00 bits per heavy atom. The SMILES string of the molecule is Cc1ccc([N+](=O)[O-])cc1Oc1ccc(C(=O)O)c(Br)c1. The van der Waals surface area contributed by atoms with E-state index in [1.807, 2.05) is 0 Å². The van der Waals surface area contributed by atoms with Gasteiger partial charge in [-0.05, 0) is 52.7 Å². The second-order valence-electron chi connectivity index (χ2n) is 4.26. The first-order chi connectivity index (χ1) is 9.88. The third kappa shape index (κ3) is 3.38. The zero-order chi connectivity index (χ0) is 15.6. The number of ether oxygens (including phenoxy) is 1. The van der Waals surface area contributed by atoms with Crippen molar-refractivity contribution in [3.8, 4) is 11.5 Å². The minimum absolute atomic E-state index is 0.0724. The van der Waals surface area contributed by atoms with Gasteiger partial charge in [-0.15, -0.1) is 0 Å². The Kier molecular flexibility index (Phi) is 4.23. The fourth-order valence-electron chi connectivity index (χ4n) is 1.67. The van der Waals surface area contributed by atoms with Crippen LogP contribution >= 0.6 is 15.9 Å². The Balaban J connectivity index is 2.34. The number of rotatable bonds is 4. The number of non-ortho nitro benzene ring substituents is 1. The van der Waals surface area contributed by atoms with Gasteiger partial charge < -0.3 is 9.84 Å². The van der Waals surface area contributed by atoms with Gasteiger partial charge in [0, 0.05) is 10.5 Å². The molecule has 6 nitrogen and oxygen atoms in total. The summed E-state index contributed by atoms with van der Waals surface area (Å²) in [6.45, 7) is 1.76. The molecule has 21 heavy (non-hydrogen) atoms. The standard InChI is InChI=1S/C14H10BrNO5/c1-8-2-3-9(16(19)20)6-13(8)21-10-4-5-11(14(17)18)12(15)7-10/h2-7H,1H3,(H,17,18). The van der Waals surface area contributed by atoms with Crippen LogP contribution in [-0.2, 0) is 0 Å². The van der Waals surface area contributed by atoms with Crippen molar-refractivity contribution in [1.82, 2.24) is 0 Å². The van der Waals surface area contributed by atoms with Crippen molar-refractivity contribution in [2.45, 2.75) is 6.92 Å². The molecule has 0 saturated carbocycles. The maximum atomic E-state index is 10.9. The molecule has 0 bridgehead atoms. The summed E-state index contributed by atoms with van der Waals surface area (Å²) in [7, 11) is 0. The topological polar surface area (TPSA) is 89.7 Å². The summed E-state index contributed by atoms with van der Waals surface area (Å²) in [6.07, 6.45) is 0. The van der Waals surface area contributed by atoms with Crippen molar-refractivity contribution in [3.63, 3.8) is 0 Å². The highest BCUT2D eigenvalue weighted by Gasteiger charge is 2.12. The fraction of sp³-hybridized carbons (Fsp3) is 0.0714. The van der Waals surface area contributed by atoms with Crippen LogP contribution in [-0.4, -0.2) is 16.0 Å². The van der Waals surface area contributed by atoms with Crippen LogP contribution in [0.1, 0.15) is 15.9 Å². The third-order valence-electron chi connectivity index (χ3n) is 2.78. The highest BCUT2D eigenvalue weighted by Crippen LogP contribution is 2.31. The Morgan fingerprint density at radius 3 is 2.57 bits per heavy atom. The summed E-state index contributed by atoms with van der Waals surface area (Å²) < 4.78 is 5.96. The number of halogens is 1. The molecule has 0 heterocycles. The normalized spacial score (nSPS) is 10.2. The number of nitrogens with zero attached hydrogens (tertiary/aromatic N) is 1. The summed E-state index contributed by atoms with van der Waals surface area (Å²) >= 11 is 3.15. The number of hydrogen-bond donors (Lipinski definition) is 1. The lowest BCUT2D eigenvalue weighted by Gasteiger charge is -2.09. The summed E-state index contributed by atoms with van der Waals surface area (Å²) in [5, 5.41) is 19.7. The second kappa shape index (κ2) is 5.92. The van der Waals surface area contributed by atoms with E-state index in [-0.39, 0.29) is 11.3 Å². The van der Waals surface area contributed by atoms with Gasteiger partial charge in [0.05, 0.1) is 16.6 Å². The summed E-state index contributed by atoms with van der Waals surface area (Å²) in [4.78, 5) is 21.2. The zero-order valence-corrected chi connectivity index (χ0v) is 12.5. The molecule has 0 radical (unpaired) electrons. The molecule has 0 aliphatic rings. The average molecular weight is 352 g/mol. The molecule has 0 fully saturated rings. The van der Waals surface area contributed by atoms with Crippen molar-refractivity contribution in [2.24, 2.45) is 0 Å². The Hall–Kier alpha value is -2.41. The lowest BCUT2D eigenvalue weighted by molar-refractivity contribution is -0.384. The third-order valence-corrected chi connectivity index (χ3v) is 3.44. The first kappa shape index (κ1) is 15.0. The molecule has 0 aliphatic heterocycles. The lowest BCUT2D eigenvalue weighted by Crippen LogP contribution is -1.98. The molecule has 0 aliphatic carbocycles. The Labute approximate surface area is 128 Å². The number of carbonyl (C=O) groups is 1. The minimum atomic E-state index is -1.06. The predicted octanol–water partition coefficient (Wildman–Crippen LogP) is 4.16. The van der Waals surface area contributed by atoms with E-state index in [9.17, 15) is 14.9 Å². The molecule has 0 amide bonds. The van der Waals surface area contributed by atoms with Crippen LogP contribution in [0, 0.1) is 17.0 Å². The van der Waals surface area contributed by atoms with E-state index >= 15 is 0 Å². The molecule has 1 N–H and O–H groups in total. The van der Waals surface area contributed by atoms with Crippen molar-refractivity contribution in [3.05, 3.63) is 62.1 Å². The van der Waals surface area contributed by atoms with Gasteiger partial charge in [-0.25, -0.2) is 4.79 Å². The first-order valence-corrected chi connectivity index (χ1v) is 6.63. The quantitative estimate of drug-likeness (QED) is 0.659. The van der Waals surface area contributed by atoms with Gasteiger partial charge in [-0.1, -0.05) is 0 Å². The number of hydrogen-bond acceptors (Lipinski definition) is 4. The van der Waals surface area contributed by atoms with Gasteiger partial charge >= 0.3 is 5.97 Å². The van der Waals surface area contributed by atoms with Crippen LogP contribution < -0.4 is 4.74 Å². The van der Waals surface area contributed by atoms with Crippen molar-refractivity contribution >= 4 is 27.6 Å². The van der Waals surface area contributed by atoms with Crippen LogP contribution in [0.15, 0.2) is 40.9 Å². The van der Waals surface area contributed by atoms with Gasteiger partial charge in [0.2, 0.25) is 0 Å². The molecule has 2 aromatic rings. The summed E-state index contributed by atoms with van der Waals surface area (Å²) in [5.74, 6) is -0.324. The molecule has 0 atom stereocenters. The number of aryl methyl sites for hydroxylation is 1. The number of aromatic carboxylic acids is 1. The molecule has 0 spiro atoms. The molecule has 0 unspecified atom stereocenters. The van der Waals surface area contributed by atoms with Gasteiger partial charge in [-0.3, -0.25) is 10.1 Å². The molecule has 0 aromatic heterocycles. The molecule has 0 saturated heterocycles. The summed E-state index contributed by atoms with van der Waals surface area (Å²) in [6, 6.07) is 8.71. The predicted molar refractivity (Wildman–Crippen MR) is 79.0 cm³/mol. The number of benzene rings is 2. The van der Waals surface area contributed by atoms with Crippen LogP contribution in [0.4, 0.5) is 5.69 Å². The fourth-order valence-corrected chi connectivity index (χ4v) is 2.20. The minimum Gasteiger partial charge on any atom is -0.478 e. The smallest absolute Gasteiger partial charge is 0.336 e. The van der Waals surface area contributed by atoms with E-state index in [0.717, 1.165) is 5.56 Å². The molecular weight excluding hydrogens is 342 g/mol. The monoisotopic (exact) mass is 351 g/mol. The van der Waals surface area contributed by atoms with E-state index in [1.165, 1.54) is 30.3 Å². The van der Waals surface area contributed by atoms with Crippen molar-refractivity contribution in [2.75, 3.05) is 0 Å². The number of nitro benzene ring substituents is 1. The average Bonchev–Trinajstić information content (AvgIpc) is 2.40. The number of nitro groups is 1. The Bertz CT molecular complexity index is 729. The van der Waals surface area contributed by atoms with E-state index in [0.29, 0.717) is 16.0 Å². The number of carboxylic acid groups (broad SMARTS) is 1. The summed E-state index contributed by atoms with van der Waals surface area (Å²) in [5.41, 5.74) is 0.772. The largest absolute Gasteiger partial charge is 0.478 e. The van der Waals surface area contributed by atoms with Gasteiger partial charge in [0.15, 0.2) is 0 Å². The maximum Gasteiger partial charge on any atom is 0.336 e. The van der Waals surface area contributed by atoms with Crippen LogP contribution in [0.25, 0.3) is 0 Å². The van der Waals surface area contributed by atoms with E-state index in [4.69, 9.17) is 9.84 Å². The molecule has 2 aromatic carbocycles. The molecule has 7 heteroatoms. The highest BCUT2D eigenvalue weighted by molar-refractivity contribution is 9.10. The lowest BCUT2D eigenvalue weighted by atomic mass is 10.2. The number of carboxylic acids is 1. The molecular formula is C14H10BrNO5. The molecule has 2 rings (SSSR count). The van der Waals surface area contributed by atoms with Crippen LogP contribution in [0.5, 0.6) is 11.5 Å². The van der Waals surface area contributed by atoms with E-state index in [1.54, 1.807) is 13.0 Å². The van der Waals surface area contributed by atoms with Crippen molar-refractivity contribution < 1.29 is 19.6 Å². The van der Waals surface area contributed by atoms with Gasteiger partial charge in [0.25, 0.3) is 5.69 Å². The molecule has 108 valence electrons. The zero-order valence-electron chi connectivity index (χ0n) is 10.9. The second-order valence-corrected chi connectivity index (χ2v) is 5.11. The Morgan fingerprint density at radius 1 is 1.29 bits per heavy atom. The van der Waals surface area contributed by atoms with Crippen LogP contribution in [0.2, 0.25) is 0 Å². The maximum absolute atomic E-state index is 10.9. The van der Waals surface area contributed by atoms with Gasteiger partial charge in [-0.2, -0.15) is 0 Å².